The van der Waals surface area contributed by atoms with Gasteiger partial charge in [0.15, 0.2) is 9.84 Å². The third-order valence-corrected chi connectivity index (χ3v) is 5.24. The van der Waals surface area contributed by atoms with Crippen molar-refractivity contribution < 1.29 is 18.3 Å². The van der Waals surface area contributed by atoms with Crippen LogP contribution in [0, 0.1) is 6.92 Å². The second-order valence-corrected chi connectivity index (χ2v) is 7.53. The fraction of sp³-hybridized carbons (Fsp3) is 0.235. The van der Waals surface area contributed by atoms with Crippen LogP contribution in [-0.4, -0.2) is 25.5 Å². The molecule has 0 aliphatic carbocycles. The highest BCUT2D eigenvalue weighted by atomic mass is 32.2. The van der Waals surface area contributed by atoms with Gasteiger partial charge in [0.05, 0.1) is 10.6 Å². The van der Waals surface area contributed by atoms with E-state index in [0.717, 1.165) is 11.1 Å². The van der Waals surface area contributed by atoms with Crippen LogP contribution in [-0.2, 0) is 26.8 Å². The van der Waals surface area contributed by atoms with Crippen molar-refractivity contribution in [3.05, 3.63) is 65.2 Å². The highest BCUT2D eigenvalue weighted by molar-refractivity contribution is 7.90. The molecule has 0 amide bonds. The van der Waals surface area contributed by atoms with Crippen LogP contribution >= 0.6 is 0 Å². The zero-order chi connectivity index (χ0) is 17.0. The first kappa shape index (κ1) is 17.2. The number of rotatable bonds is 6. The van der Waals surface area contributed by atoms with E-state index in [2.05, 4.69) is 0 Å². The molecule has 0 bridgehead atoms. The van der Waals surface area contributed by atoms with E-state index in [9.17, 15) is 13.2 Å². The summed E-state index contributed by atoms with van der Waals surface area (Å²) < 4.78 is 24.7. The first-order valence-corrected chi connectivity index (χ1v) is 8.79. The average Bonchev–Trinajstić information content (AvgIpc) is 2.49. The SMILES string of the molecule is Cc1ccc(S(=O)(=O)Cc2ccc(C[C@@H](N)C(=O)O)cc2)cc1. The Morgan fingerprint density at radius 2 is 1.57 bits per heavy atom. The van der Waals surface area contributed by atoms with Gasteiger partial charge in [-0.1, -0.05) is 42.0 Å². The van der Waals surface area contributed by atoms with Gasteiger partial charge in [-0.15, -0.1) is 0 Å². The lowest BCUT2D eigenvalue weighted by molar-refractivity contribution is -0.138. The van der Waals surface area contributed by atoms with Crippen molar-refractivity contribution in [2.45, 2.75) is 30.0 Å². The summed E-state index contributed by atoms with van der Waals surface area (Å²) in [4.78, 5) is 11.0. The van der Waals surface area contributed by atoms with Gasteiger partial charge in [0, 0.05) is 0 Å². The van der Waals surface area contributed by atoms with Gasteiger partial charge < -0.3 is 10.8 Å². The Bertz CT molecular complexity index is 780. The molecule has 0 saturated carbocycles. The molecule has 6 heteroatoms. The number of carbonyl (C=O) groups is 1. The van der Waals surface area contributed by atoms with E-state index in [1.165, 1.54) is 0 Å². The first-order valence-electron chi connectivity index (χ1n) is 7.13. The van der Waals surface area contributed by atoms with Gasteiger partial charge >= 0.3 is 5.97 Å². The Kier molecular flexibility index (Phi) is 5.18. The standard InChI is InChI=1S/C17H19NO4S/c1-12-2-8-15(9-3-12)23(21,22)11-14-6-4-13(5-7-14)10-16(18)17(19)20/h2-9,16H,10-11,18H2,1H3,(H,19,20)/t16-/m1/s1. The number of hydrogen-bond donors (Lipinski definition) is 2. The quantitative estimate of drug-likeness (QED) is 0.842. The van der Waals surface area contributed by atoms with E-state index in [4.69, 9.17) is 10.8 Å². The number of nitrogens with two attached hydrogens (primary N) is 1. The smallest absolute Gasteiger partial charge is 0.320 e. The van der Waals surface area contributed by atoms with Gasteiger partial charge in [-0.2, -0.15) is 0 Å². The molecule has 1 atom stereocenters. The summed E-state index contributed by atoms with van der Waals surface area (Å²) in [5.74, 6) is -1.16. The molecule has 0 aromatic heterocycles. The minimum atomic E-state index is -3.40. The van der Waals surface area contributed by atoms with E-state index in [1.807, 2.05) is 6.92 Å². The van der Waals surface area contributed by atoms with Crippen molar-refractivity contribution in [3.8, 4) is 0 Å². The van der Waals surface area contributed by atoms with Crippen LogP contribution in [0.5, 0.6) is 0 Å². The van der Waals surface area contributed by atoms with Crippen LogP contribution < -0.4 is 5.73 Å². The molecular weight excluding hydrogens is 314 g/mol. The number of sulfone groups is 1. The number of aryl methyl sites for hydroxylation is 1. The van der Waals surface area contributed by atoms with E-state index >= 15 is 0 Å². The highest BCUT2D eigenvalue weighted by Crippen LogP contribution is 2.17. The average molecular weight is 333 g/mol. The monoisotopic (exact) mass is 333 g/mol. The minimum Gasteiger partial charge on any atom is -0.480 e. The second kappa shape index (κ2) is 6.93. The molecule has 0 unspecified atom stereocenters. The molecule has 0 heterocycles. The minimum absolute atomic E-state index is 0.0959. The van der Waals surface area contributed by atoms with Crippen molar-refractivity contribution >= 4 is 15.8 Å². The fourth-order valence-corrected chi connectivity index (χ4v) is 3.51. The lowest BCUT2D eigenvalue weighted by atomic mass is 10.1. The van der Waals surface area contributed by atoms with Crippen molar-refractivity contribution in [2.75, 3.05) is 0 Å². The zero-order valence-electron chi connectivity index (χ0n) is 12.8. The van der Waals surface area contributed by atoms with Crippen molar-refractivity contribution in [2.24, 2.45) is 5.73 Å². The summed E-state index contributed by atoms with van der Waals surface area (Å²) in [5, 5.41) is 8.79. The summed E-state index contributed by atoms with van der Waals surface area (Å²) >= 11 is 0. The lowest BCUT2D eigenvalue weighted by Gasteiger charge is -2.08. The number of carboxylic acid groups (broad SMARTS) is 1. The summed E-state index contributed by atoms with van der Waals surface area (Å²) in [5.41, 5.74) is 7.90. The molecular formula is C17H19NO4S. The Morgan fingerprint density at radius 3 is 2.09 bits per heavy atom. The summed E-state index contributed by atoms with van der Waals surface area (Å²) in [6.45, 7) is 1.90. The molecule has 122 valence electrons. The van der Waals surface area contributed by atoms with Crippen LogP contribution in [0.4, 0.5) is 0 Å². The molecule has 0 spiro atoms. The predicted octanol–water partition coefficient (Wildman–Crippen LogP) is 1.92. The van der Waals surface area contributed by atoms with E-state index < -0.39 is 21.8 Å². The largest absolute Gasteiger partial charge is 0.480 e. The Hall–Kier alpha value is -2.18. The Morgan fingerprint density at radius 1 is 1.04 bits per heavy atom. The maximum atomic E-state index is 12.4. The molecule has 2 aromatic carbocycles. The second-order valence-electron chi connectivity index (χ2n) is 5.54. The molecule has 0 aliphatic rings. The summed E-state index contributed by atoms with van der Waals surface area (Å²) in [6, 6.07) is 12.6. The van der Waals surface area contributed by atoms with Gasteiger partial charge in [0.25, 0.3) is 0 Å². The van der Waals surface area contributed by atoms with E-state index in [-0.39, 0.29) is 12.2 Å². The zero-order valence-corrected chi connectivity index (χ0v) is 13.6. The Labute approximate surface area is 135 Å². The van der Waals surface area contributed by atoms with Crippen molar-refractivity contribution in [1.82, 2.24) is 0 Å². The fourth-order valence-electron chi connectivity index (χ4n) is 2.16. The van der Waals surface area contributed by atoms with Crippen LogP contribution in [0.3, 0.4) is 0 Å². The van der Waals surface area contributed by atoms with Gasteiger partial charge in [-0.25, -0.2) is 8.42 Å². The summed E-state index contributed by atoms with van der Waals surface area (Å²) in [7, 11) is -3.40. The van der Waals surface area contributed by atoms with E-state index in [1.54, 1.807) is 48.5 Å². The number of aliphatic carboxylic acids is 1. The van der Waals surface area contributed by atoms with Crippen LogP contribution in [0.25, 0.3) is 0 Å². The molecule has 3 N–H and O–H groups in total. The maximum Gasteiger partial charge on any atom is 0.320 e. The van der Waals surface area contributed by atoms with E-state index in [0.29, 0.717) is 10.5 Å². The van der Waals surface area contributed by atoms with Crippen molar-refractivity contribution in [1.29, 1.82) is 0 Å². The summed E-state index contributed by atoms with van der Waals surface area (Å²) in [6.07, 6.45) is 0.209. The molecule has 0 radical (unpaired) electrons. The topological polar surface area (TPSA) is 97.5 Å². The lowest BCUT2D eigenvalue weighted by Crippen LogP contribution is -2.32. The third kappa shape index (κ3) is 4.64. The highest BCUT2D eigenvalue weighted by Gasteiger charge is 2.16. The predicted molar refractivity (Wildman–Crippen MR) is 87.8 cm³/mol. The number of hydrogen-bond acceptors (Lipinski definition) is 4. The van der Waals surface area contributed by atoms with Gasteiger partial charge in [-0.05, 0) is 36.6 Å². The molecule has 0 aliphatic heterocycles. The Balaban J connectivity index is 2.11. The molecule has 2 aromatic rings. The van der Waals surface area contributed by atoms with Crippen molar-refractivity contribution in [3.63, 3.8) is 0 Å². The maximum absolute atomic E-state index is 12.4. The molecule has 0 fully saturated rings. The molecule has 23 heavy (non-hydrogen) atoms. The van der Waals surface area contributed by atoms with Crippen LogP contribution in [0.15, 0.2) is 53.4 Å². The van der Waals surface area contributed by atoms with Gasteiger partial charge in [0.2, 0.25) is 0 Å². The van der Waals surface area contributed by atoms with Crippen LogP contribution in [0.1, 0.15) is 16.7 Å². The van der Waals surface area contributed by atoms with Gasteiger partial charge in [0.1, 0.15) is 6.04 Å². The number of benzene rings is 2. The molecule has 2 rings (SSSR count). The van der Waals surface area contributed by atoms with Crippen LogP contribution in [0.2, 0.25) is 0 Å². The normalized spacial score (nSPS) is 12.8. The first-order chi connectivity index (χ1) is 10.8. The van der Waals surface area contributed by atoms with Gasteiger partial charge in [-0.3, -0.25) is 4.79 Å². The molecule has 0 saturated heterocycles. The number of carboxylic acids is 1. The third-order valence-electron chi connectivity index (χ3n) is 3.53. The molecule has 5 nitrogen and oxygen atoms in total.